The number of hydrogen-bond donors (Lipinski definition) is 1. The summed E-state index contributed by atoms with van der Waals surface area (Å²) in [6.45, 7) is 0.480. The molecule has 1 aromatic heterocycles. The summed E-state index contributed by atoms with van der Waals surface area (Å²) in [7, 11) is 1.64. The van der Waals surface area contributed by atoms with Crippen molar-refractivity contribution in [3.05, 3.63) is 84.1 Å². The molecule has 0 unspecified atom stereocenters. The lowest BCUT2D eigenvalue weighted by atomic mass is 10.2. The molecule has 0 aliphatic carbocycles. The molecule has 5 nitrogen and oxygen atoms in total. The number of nitrogens with one attached hydrogen (secondary N) is 1. The van der Waals surface area contributed by atoms with Gasteiger partial charge in [0.05, 0.1) is 24.5 Å². The van der Waals surface area contributed by atoms with Crippen LogP contribution in [0.3, 0.4) is 0 Å². The maximum atomic E-state index is 5.95. The summed E-state index contributed by atoms with van der Waals surface area (Å²) >= 11 is 0. The predicted molar refractivity (Wildman–Crippen MR) is 107 cm³/mol. The van der Waals surface area contributed by atoms with E-state index >= 15 is 0 Å². The molecule has 0 spiro atoms. The zero-order valence-corrected chi connectivity index (χ0v) is 14.9. The van der Waals surface area contributed by atoms with Gasteiger partial charge in [-0.05, 0) is 47.5 Å². The quantitative estimate of drug-likeness (QED) is 0.499. The Morgan fingerprint density at radius 2 is 1.89 bits per heavy atom. The highest BCUT2D eigenvalue weighted by Crippen LogP contribution is 2.29. The lowest BCUT2D eigenvalue weighted by Gasteiger charge is -2.11. The van der Waals surface area contributed by atoms with Gasteiger partial charge in [0, 0.05) is 11.6 Å². The number of aromatic amines is 1. The minimum Gasteiger partial charge on any atom is -0.493 e. The third kappa shape index (κ3) is 3.98. The number of aliphatic imine (C=N–C) groups is 1. The Morgan fingerprint density at radius 1 is 1.00 bits per heavy atom. The second-order valence-corrected chi connectivity index (χ2v) is 6.08. The minimum absolute atomic E-state index is 0.480. The van der Waals surface area contributed by atoms with Crippen LogP contribution in [0.25, 0.3) is 10.9 Å². The van der Waals surface area contributed by atoms with Crippen molar-refractivity contribution in [3.8, 4) is 11.5 Å². The molecule has 0 aliphatic rings. The molecule has 134 valence electrons. The Labute approximate surface area is 157 Å². The van der Waals surface area contributed by atoms with Crippen LogP contribution in [0.4, 0.5) is 5.69 Å². The van der Waals surface area contributed by atoms with E-state index in [0.717, 1.165) is 27.7 Å². The van der Waals surface area contributed by atoms with E-state index in [9.17, 15) is 0 Å². The molecule has 0 atom stereocenters. The van der Waals surface area contributed by atoms with E-state index in [0.29, 0.717) is 18.1 Å². The van der Waals surface area contributed by atoms with Crippen LogP contribution < -0.4 is 9.47 Å². The van der Waals surface area contributed by atoms with E-state index < -0.39 is 0 Å². The monoisotopic (exact) mass is 357 g/mol. The highest BCUT2D eigenvalue weighted by Gasteiger charge is 2.06. The number of hydrogen-bond acceptors (Lipinski definition) is 4. The average Bonchev–Trinajstić information content (AvgIpc) is 3.19. The maximum Gasteiger partial charge on any atom is 0.162 e. The smallest absolute Gasteiger partial charge is 0.162 e. The average molecular weight is 357 g/mol. The zero-order valence-electron chi connectivity index (χ0n) is 14.9. The first-order chi connectivity index (χ1) is 13.3. The first-order valence-electron chi connectivity index (χ1n) is 8.64. The van der Waals surface area contributed by atoms with Crippen molar-refractivity contribution in [1.82, 2.24) is 10.2 Å². The molecule has 0 bridgehead atoms. The number of fused-ring (bicyclic) bond motifs is 1. The van der Waals surface area contributed by atoms with Crippen LogP contribution in [0.15, 0.2) is 77.9 Å². The molecule has 1 heterocycles. The van der Waals surface area contributed by atoms with Gasteiger partial charge in [-0.15, -0.1) is 0 Å². The summed E-state index contributed by atoms with van der Waals surface area (Å²) in [4.78, 5) is 4.55. The Kier molecular flexibility index (Phi) is 4.83. The van der Waals surface area contributed by atoms with Crippen molar-refractivity contribution >= 4 is 22.8 Å². The number of ether oxygens (including phenoxy) is 2. The fraction of sp³-hybridized carbons (Fsp3) is 0.0909. The van der Waals surface area contributed by atoms with Crippen LogP contribution in [-0.4, -0.2) is 23.5 Å². The molecule has 0 radical (unpaired) electrons. The number of aromatic nitrogens is 2. The summed E-state index contributed by atoms with van der Waals surface area (Å²) < 4.78 is 11.4. The lowest BCUT2D eigenvalue weighted by Crippen LogP contribution is -1.98. The molecule has 0 saturated heterocycles. The van der Waals surface area contributed by atoms with Gasteiger partial charge in [0.15, 0.2) is 11.5 Å². The molecule has 4 aromatic rings. The first-order valence-corrected chi connectivity index (χ1v) is 8.64. The van der Waals surface area contributed by atoms with Crippen LogP contribution in [0.5, 0.6) is 11.5 Å². The molecule has 4 rings (SSSR count). The number of rotatable bonds is 6. The van der Waals surface area contributed by atoms with E-state index in [-0.39, 0.29) is 0 Å². The largest absolute Gasteiger partial charge is 0.493 e. The van der Waals surface area contributed by atoms with Crippen molar-refractivity contribution in [2.24, 2.45) is 4.99 Å². The highest BCUT2D eigenvalue weighted by molar-refractivity contribution is 5.86. The van der Waals surface area contributed by atoms with Crippen molar-refractivity contribution < 1.29 is 9.47 Å². The third-order valence-corrected chi connectivity index (χ3v) is 4.21. The Bertz CT molecular complexity index is 1070. The Hall–Kier alpha value is -3.60. The normalized spacial score (nSPS) is 11.1. The number of methoxy groups -OCH3 is 1. The molecule has 0 saturated carbocycles. The number of nitrogens with zero attached hydrogens (tertiary/aromatic N) is 2. The van der Waals surface area contributed by atoms with Crippen LogP contribution in [0.2, 0.25) is 0 Å². The maximum absolute atomic E-state index is 5.95. The third-order valence-electron chi connectivity index (χ3n) is 4.21. The molecule has 0 fully saturated rings. The SMILES string of the molecule is COc1ccc(C=Nc2ccc3cn[nH]c3c2)cc1OCc1ccccc1. The molecular formula is C22H19N3O2. The summed E-state index contributed by atoms with van der Waals surface area (Å²) in [6.07, 6.45) is 3.61. The second-order valence-electron chi connectivity index (χ2n) is 6.08. The van der Waals surface area contributed by atoms with Gasteiger partial charge in [-0.2, -0.15) is 5.10 Å². The highest BCUT2D eigenvalue weighted by atomic mass is 16.5. The van der Waals surface area contributed by atoms with Crippen molar-refractivity contribution in [2.45, 2.75) is 6.61 Å². The van der Waals surface area contributed by atoms with Gasteiger partial charge in [-0.1, -0.05) is 30.3 Å². The van der Waals surface area contributed by atoms with Gasteiger partial charge in [0.25, 0.3) is 0 Å². The molecule has 5 heteroatoms. The molecule has 0 amide bonds. The van der Waals surface area contributed by atoms with E-state index in [2.05, 4.69) is 15.2 Å². The van der Waals surface area contributed by atoms with Crippen LogP contribution in [-0.2, 0) is 6.61 Å². The summed E-state index contributed by atoms with van der Waals surface area (Å²) in [5.74, 6) is 1.39. The number of benzene rings is 3. The Balaban J connectivity index is 1.53. The molecule has 27 heavy (non-hydrogen) atoms. The van der Waals surface area contributed by atoms with Gasteiger partial charge < -0.3 is 9.47 Å². The topological polar surface area (TPSA) is 59.5 Å². The van der Waals surface area contributed by atoms with Gasteiger partial charge >= 0.3 is 0 Å². The van der Waals surface area contributed by atoms with Crippen LogP contribution in [0.1, 0.15) is 11.1 Å². The van der Waals surface area contributed by atoms with Crippen molar-refractivity contribution in [1.29, 1.82) is 0 Å². The van der Waals surface area contributed by atoms with E-state index in [1.54, 1.807) is 13.3 Å². The van der Waals surface area contributed by atoms with E-state index in [1.807, 2.05) is 72.9 Å². The predicted octanol–water partition coefficient (Wildman–Crippen LogP) is 4.90. The number of H-pyrrole nitrogens is 1. The second kappa shape index (κ2) is 7.74. The minimum atomic E-state index is 0.480. The first kappa shape index (κ1) is 16.8. The van der Waals surface area contributed by atoms with E-state index in [1.165, 1.54) is 0 Å². The van der Waals surface area contributed by atoms with Crippen LogP contribution >= 0.6 is 0 Å². The van der Waals surface area contributed by atoms with Gasteiger partial charge in [-0.25, -0.2) is 0 Å². The van der Waals surface area contributed by atoms with Gasteiger partial charge in [-0.3, -0.25) is 10.1 Å². The fourth-order valence-electron chi connectivity index (χ4n) is 2.78. The van der Waals surface area contributed by atoms with Gasteiger partial charge in [0.1, 0.15) is 6.61 Å². The molecular weight excluding hydrogens is 338 g/mol. The summed E-state index contributed by atoms with van der Waals surface area (Å²) in [5, 5.41) is 8.05. The summed E-state index contributed by atoms with van der Waals surface area (Å²) in [6, 6.07) is 21.7. The Morgan fingerprint density at radius 3 is 2.74 bits per heavy atom. The molecule has 0 aliphatic heterocycles. The molecule has 3 aromatic carbocycles. The van der Waals surface area contributed by atoms with Crippen molar-refractivity contribution in [2.75, 3.05) is 7.11 Å². The lowest BCUT2D eigenvalue weighted by molar-refractivity contribution is 0.284. The standard InChI is InChI=1S/C22H19N3O2/c1-26-21-10-7-17(11-22(21)27-15-16-5-3-2-4-6-16)13-23-19-9-8-18-14-24-25-20(18)12-19/h2-14H,15H2,1H3,(H,24,25). The van der Waals surface area contributed by atoms with Crippen molar-refractivity contribution in [3.63, 3.8) is 0 Å². The summed E-state index contributed by atoms with van der Waals surface area (Å²) in [5.41, 5.74) is 3.86. The molecule has 1 N–H and O–H groups in total. The van der Waals surface area contributed by atoms with Gasteiger partial charge in [0.2, 0.25) is 0 Å². The van der Waals surface area contributed by atoms with E-state index in [4.69, 9.17) is 9.47 Å². The zero-order chi connectivity index (χ0) is 18.5. The fourth-order valence-corrected chi connectivity index (χ4v) is 2.78. The van der Waals surface area contributed by atoms with Crippen LogP contribution in [0, 0.1) is 0 Å².